The predicted molar refractivity (Wildman–Crippen MR) is 90.0 cm³/mol. The van der Waals surface area contributed by atoms with E-state index >= 15 is 0 Å². The van der Waals surface area contributed by atoms with Gasteiger partial charge in [-0.3, -0.25) is 13.9 Å². The number of aryl methyl sites for hydroxylation is 1. The van der Waals surface area contributed by atoms with E-state index in [2.05, 4.69) is 9.71 Å². The molecule has 0 saturated carbocycles. The van der Waals surface area contributed by atoms with Crippen LogP contribution in [0.15, 0.2) is 53.5 Å². The largest absolute Gasteiger partial charge is 0.296 e. The maximum atomic E-state index is 11.7. The molecule has 0 amide bonds. The number of hydrogen-bond donors (Lipinski definition) is 2. The molecule has 0 aliphatic heterocycles. The molecule has 0 bridgehead atoms. The third-order valence-corrected chi connectivity index (χ3v) is 4.07. The molecule has 2 aromatic heterocycles. The Morgan fingerprint density at radius 2 is 1.91 bits per heavy atom. The first kappa shape index (κ1) is 15.5. The molecule has 0 aliphatic carbocycles. The van der Waals surface area contributed by atoms with Crippen LogP contribution in [0.1, 0.15) is 5.56 Å². The molecule has 118 valence electrons. The van der Waals surface area contributed by atoms with E-state index in [1.54, 1.807) is 19.3 Å². The molecule has 0 radical (unpaired) electrons. The van der Waals surface area contributed by atoms with Crippen molar-refractivity contribution in [3.05, 3.63) is 64.6 Å². The lowest BCUT2D eigenvalue weighted by atomic mass is 10.0. The molecular weight excluding hydrogens is 314 g/mol. The summed E-state index contributed by atoms with van der Waals surface area (Å²) in [5.41, 5.74) is 3.42. The van der Waals surface area contributed by atoms with Crippen LogP contribution in [0.2, 0.25) is 0 Å². The zero-order chi connectivity index (χ0) is 16.4. The first-order valence-electron chi connectivity index (χ1n) is 6.94. The van der Waals surface area contributed by atoms with Gasteiger partial charge in [0.1, 0.15) is 5.65 Å². The van der Waals surface area contributed by atoms with Crippen LogP contribution in [0.25, 0.3) is 22.2 Å². The quantitative estimate of drug-likeness (QED) is 0.715. The minimum atomic E-state index is -2.02. The minimum absolute atomic E-state index is 0.0967. The SMILES string of the molecule is Cn1c(=O)ccc2c(-c3ccc(CNS(=O)O)cc3)ccnc21. The molecule has 2 heterocycles. The summed E-state index contributed by atoms with van der Waals surface area (Å²) in [4.78, 5) is 16.0. The molecule has 0 fully saturated rings. The summed E-state index contributed by atoms with van der Waals surface area (Å²) in [6.45, 7) is 0.314. The third-order valence-electron chi connectivity index (χ3n) is 3.67. The van der Waals surface area contributed by atoms with Gasteiger partial charge in [-0.25, -0.2) is 13.9 Å². The fourth-order valence-electron chi connectivity index (χ4n) is 2.46. The lowest BCUT2D eigenvalue weighted by Crippen LogP contribution is -2.16. The van der Waals surface area contributed by atoms with E-state index in [1.807, 2.05) is 30.3 Å². The molecular formula is C16H15N3O3S. The Bertz CT molecular complexity index is 935. The fraction of sp³-hybridized carbons (Fsp3) is 0.125. The van der Waals surface area contributed by atoms with Crippen LogP contribution in [-0.2, 0) is 24.9 Å². The number of benzene rings is 1. The Morgan fingerprint density at radius 3 is 2.61 bits per heavy atom. The maximum Gasteiger partial charge on any atom is 0.251 e. The molecule has 23 heavy (non-hydrogen) atoms. The van der Waals surface area contributed by atoms with Gasteiger partial charge in [-0.05, 0) is 28.8 Å². The molecule has 1 aromatic carbocycles. The summed E-state index contributed by atoms with van der Waals surface area (Å²) in [5, 5.41) is 0.900. The maximum absolute atomic E-state index is 11.7. The third kappa shape index (κ3) is 3.21. The first-order valence-corrected chi connectivity index (χ1v) is 8.05. The van der Waals surface area contributed by atoms with Crippen molar-refractivity contribution in [2.24, 2.45) is 7.05 Å². The van der Waals surface area contributed by atoms with Gasteiger partial charge < -0.3 is 0 Å². The second kappa shape index (κ2) is 6.41. The highest BCUT2D eigenvalue weighted by Crippen LogP contribution is 2.26. The number of pyridine rings is 2. The summed E-state index contributed by atoms with van der Waals surface area (Å²) < 4.78 is 23.3. The minimum Gasteiger partial charge on any atom is -0.296 e. The van der Waals surface area contributed by atoms with Crippen LogP contribution >= 0.6 is 0 Å². The van der Waals surface area contributed by atoms with Gasteiger partial charge in [0.25, 0.3) is 5.56 Å². The normalized spacial score (nSPS) is 12.4. The lowest BCUT2D eigenvalue weighted by Gasteiger charge is -2.09. The monoisotopic (exact) mass is 329 g/mol. The van der Waals surface area contributed by atoms with E-state index in [0.717, 1.165) is 22.1 Å². The van der Waals surface area contributed by atoms with Crippen molar-refractivity contribution in [1.29, 1.82) is 0 Å². The van der Waals surface area contributed by atoms with E-state index in [-0.39, 0.29) is 5.56 Å². The molecule has 0 aliphatic rings. The number of nitrogens with one attached hydrogen (secondary N) is 1. The van der Waals surface area contributed by atoms with Crippen molar-refractivity contribution in [2.75, 3.05) is 0 Å². The highest BCUT2D eigenvalue weighted by atomic mass is 32.2. The number of rotatable bonds is 4. The van der Waals surface area contributed by atoms with Crippen LogP contribution in [0.3, 0.4) is 0 Å². The van der Waals surface area contributed by atoms with Gasteiger partial charge in [0.2, 0.25) is 11.3 Å². The smallest absolute Gasteiger partial charge is 0.251 e. The van der Waals surface area contributed by atoms with Crippen molar-refractivity contribution in [3.63, 3.8) is 0 Å². The van der Waals surface area contributed by atoms with Crippen molar-refractivity contribution in [3.8, 4) is 11.1 Å². The average molecular weight is 329 g/mol. The molecule has 1 atom stereocenters. The van der Waals surface area contributed by atoms with Crippen LogP contribution < -0.4 is 10.3 Å². The highest BCUT2D eigenvalue weighted by molar-refractivity contribution is 7.77. The molecule has 1 unspecified atom stereocenters. The van der Waals surface area contributed by atoms with E-state index in [4.69, 9.17) is 4.55 Å². The van der Waals surface area contributed by atoms with E-state index < -0.39 is 11.3 Å². The van der Waals surface area contributed by atoms with Crippen LogP contribution in [0, 0.1) is 0 Å². The molecule has 0 saturated heterocycles. The zero-order valence-electron chi connectivity index (χ0n) is 12.4. The summed E-state index contributed by atoms with van der Waals surface area (Å²) in [6, 6.07) is 12.9. The summed E-state index contributed by atoms with van der Waals surface area (Å²) >= 11 is -2.02. The van der Waals surface area contributed by atoms with Crippen molar-refractivity contribution in [2.45, 2.75) is 6.54 Å². The summed E-state index contributed by atoms with van der Waals surface area (Å²) in [7, 11) is 1.70. The molecule has 6 nitrogen and oxygen atoms in total. The van der Waals surface area contributed by atoms with Crippen LogP contribution in [-0.4, -0.2) is 18.3 Å². The first-order chi connectivity index (χ1) is 11.1. The Hall–Kier alpha value is -2.35. The molecule has 2 N–H and O–H groups in total. The van der Waals surface area contributed by atoms with Gasteiger partial charge in [0.15, 0.2) is 0 Å². The van der Waals surface area contributed by atoms with Gasteiger partial charge >= 0.3 is 0 Å². The fourth-order valence-corrected chi connectivity index (χ4v) is 2.75. The molecule has 3 rings (SSSR count). The van der Waals surface area contributed by atoms with Crippen LogP contribution in [0.5, 0.6) is 0 Å². The van der Waals surface area contributed by atoms with Crippen molar-refractivity contribution >= 4 is 22.3 Å². The van der Waals surface area contributed by atoms with Gasteiger partial charge in [-0.2, -0.15) is 0 Å². The van der Waals surface area contributed by atoms with E-state index in [9.17, 15) is 9.00 Å². The van der Waals surface area contributed by atoms with Gasteiger partial charge in [0, 0.05) is 31.2 Å². The molecule has 7 heteroatoms. The molecule has 3 aromatic rings. The number of nitrogens with zero attached hydrogens (tertiary/aromatic N) is 2. The predicted octanol–water partition coefficient (Wildman–Crippen LogP) is 1.83. The Labute approximate surface area is 135 Å². The Morgan fingerprint density at radius 1 is 1.17 bits per heavy atom. The standard InChI is InChI=1S/C16H15N3O3S/c1-19-15(20)7-6-14-13(8-9-17-16(14)19)12-4-2-11(3-5-12)10-18-23(21)22/h2-9,18H,10H2,1H3,(H,21,22). The van der Waals surface area contributed by atoms with E-state index in [1.165, 1.54) is 10.6 Å². The highest BCUT2D eigenvalue weighted by Gasteiger charge is 2.07. The van der Waals surface area contributed by atoms with Crippen molar-refractivity contribution in [1.82, 2.24) is 14.3 Å². The topological polar surface area (TPSA) is 84.2 Å². The number of fused-ring (bicyclic) bond motifs is 1. The molecule has 0 spiro atoms. The van der Waals surface area contributed by atoms with Gasteiger partial charge in [0.05, 0.1) is 0 Å². The number of aromatic nitrogens is 2. The Kier molecular flexibility index (Phi) is 4.33. The summed E-state index contributed by atoms with van der Waals surface area (Å²) in [5.74, 6) is 0. The lowest BCUT2D eigenvalue weighted by molar-refractivity contribution is 0.548. The van der Waals surface area contributed by atoms with E-state index in [0.29, 0.717) is 12.2 Å². The number of hydrogen-bond acceptors (Lipinski definition) is 3. The van der Waals surface area contributed by atoms with Gasteiger partial charge in [-0.15, -0.1) is 0 Å². The second-order valence-corrected chi connectivity index (χ2v) is 5.88. The van der Waals surface area contributed by atoms with Crippen LogP contribution in [0.4, 0.5) is 0 Å². The average Bonchev–Trinajstić information content (AvgIpc) is 2.56. The second-order valence-electron chi connectivity index (χ2n) is 5.09. The van der Waals surface area contributed by atoms with Crippen molar-refractivity contribution < 1.29 is 8.76 Å². The Balaban J connectivity index is 2.02. The zero-order valence-corrected chi connectivity index (χ0v) is 13.2. The summed E-state index contributed by atoms with van der Waals surface area (Å²) in [6.07, 6.45) is 1.68. The van der Waals surface area contributed by atoms with Gasteiger partial charge in [-0.1, -0.05) is 24.3 Å².